The summed E-state index contributed by atoms with van der Waals surface area (Å²) in [6, 6.07) is 9.46. The summed E-state index contributed by atoms with van der Waals surface area (Å²) in [6.45, 7) is 10.6. The van der Waals surface area contributed by atoms with E-state index in [4.69, 9.17) is 16.3 Å². The van der Waals surface area contributed by atoms with Crippen LogP contribution in [-0.4, -0.2) is 54.8 Å². The van der Waals surface area contributed by atoms with E-state index in [1.165, 1.54) is 0 Å². The van der Waals surface area contributed by atoms with Crippen LogP contribution in [0.3, 0.4) is 0 Å². The number of ether oxygens (including phenoxy) is 1. The van der Waals surface area contributed by atoms with Crippen molar-refractivity contribution in [3.63, 3.8) is 0 Å². The average molecular weight is 573 g/mol. The summed E-state index contributed by atoms with van der Waals surface area (Å²) >= 11 is 6.30. The van der Waals surface area contributed by atoms with Crippen LogP contribution >= 0.6 is 11.6 Å². The van der Waals surface area contributed by atoms with E-state index in [-0.39, 0.29) is 24.1 Å². The Morgan fingerprint density at radius 2 is 1.76 bits per heavy atom. The van der Waals surface area contributed by atoms with Gasteiger partial charge in [0.2, 0.25) is 0 Å². The van der Waals surface area contributed by atoms with Crippen LogP contribution in [0.25, 0.3) is 5.65 Å². The Bertz CT molecular complexity index is 1710. The zero-order valence-electron chi connectivity index (χ0n) is 23.9. The molecule has 1 unspecified atom stereocenters. The van der Waals surface area contributed by atoms with E-state index in [1.807, 2.05) is 80.4 Å². The van der Waals surface area contributed by atoms with Crippen molar-refractivity contribution in [2.75, 3.05) is 18.0 Å². The van der Waals surface area contributed by atoms with Gasteiger partial charge in [-0.3, -0.25) is 14.1 Å². The number of hydrogen-bond donors (Lipinski definition) is 0. The third-order valence-corrected chi connectivity index (χ3v) is 8.54. The summed E-state index contributed by atoms with van der Waals surface area (Å²) in [5, 5.41) is 9.21. The van der Waals surface area contributed by atoms with Crippen molar-refractivity contribution in [1.29, 1.82) is 0 Å². The van der Waals surface area contributed by atoms with Crippen LogP contribution in [0.1, 0.15) is 90.2 Å². The zero-order chi connectivity index (χ0) is 28.8. The molecule has 0 radical (unpaired) electrons. The molecule has 2 fully saturated rings. The van der Waals surface area contributed by atoms with Gasteiger partial charge in [0.1, 0.15) is 17.5 Å². The molecular formula is C31H33ClN6O3. The molecule has 0 spiro atoms. The number of rotatable bonds is 4. The number of aryl methyl sites for hydroxylation is 2. The fourth-order valence-corrected chi connectivity index (χ4v) is 6.27. The van der Waals surface area contributed by atoms with E-state index in [2.05, 4.69) is 21.0 Å². The minimum atomic E-state index is -0.551. The second-order valence-corrected chi connectivity index (χ2v) is 13.0. The Hall–Kier alpha value is -3.85. The monoisotopic (exact) mass is 572 g/mol. The second-order valence-electron chi connectivity index (χ2n) is 12.5. The number of aromatic nitrogens is 4. The van der Waals surface area contributed by atoms with Gasteiger partial charge >= 0.3 is 6.09 Å². The lowest BCUT2D eigenvalue weighted by Gasteiger charge is -2.41. The normalized spacial score (nSPS) is 19.2. The van der Waals surface area contributed by atoms with Gasteiger partial charge < -0.3 is 14.2 Å². The molecule has 1 aromatic carbocycles. The zero-order valence-corrected chi connectivity index (χ0v) is 24.6. The van der Waals surface area contributed by atoms with Crippen LogP contribution in [0.2, 0.25) is 5.02 Å². The van der Waals surface area contributed by atoms with Gasteiger partial charge in [0, 0.05) is 30.5 Å². The summed E-state index contributed by atoms with van der Waals surface area (Å²) in [4.78, 5) is 30.9. The highest BCUT2D eigenvalue weighted by molar-refractivity contribution is 6.30. The van der Waals surface area contributed by atoms with E-state index in [1.54, 1.807) is 4.90 Å². The third-order valence-electron chi connectivity index (χ3n) is 8.28. The Kier molecular flexibility index (Phi) is 5.77. The Morgan fingerprint density at radius 3 is 2.41 bits per heavy atom. The molecule has 41 heavy (non-hydrogen) atoms. The maximum atomic E-state index is 14.5. The first-order valence-corrected chi connectivity index (χ1v) is 14.5. The number of likely N-dealkylation sites (tertiary alicyclic amines) is 1. The third kappa shape index (κ3) is 4.29. The molecule has 3 aromatic heterocycles. The molecule has 5 heterocycles. The fourth-order valence-electron chi connectivity index (χ4n) is 6.14. The van der Waals surface area contributed by atoms with E-state index < -0.39 is 5.60 Å². The van der Waals surface area contributed by atoms with Crippen molar-refractivity contribution >= 4 is 34.9 Å². The molecule has 4 aromatic rings. The highest BCUT2D eigenvalue weighted by Crippen LogP contribution is 2.51. The molecular weight excluding hydrogens is 540 g/mol. The molecule has 2 amide bonds. The van der Waals surface area contributed by atoms with Crippen molar-refractivity contribution in [2.24, 2.45) is 0 Å². The molecule has 7 rings (SSSR count). The standard InChI is InChI=1S/C31H33ClN6O3/c1-17-12-22(15-36-18(2)33-34-28(17)36)38-26(20-8-10-21(32)11-9-20)27-25(29(38)39)24(19-6-7-19)16-37(27)23-13-35(14-23)30(40)41-31(3,4)5/h8-12,15-16,19,23,26H,6-7,13-14H2,1-5H3. The summed E-state index contributed by atoms with van der Waals surface area (Å²) in [7, 11) is 0. The largest absolute Gasteiger partial charge is 0.444 e. The fraction of sp³-hybridized carbons (Fsp3) is 0.419. The first-order valence-electron chi connectivity index (χ1n) is 14.1. The van der Waals surface area contributed by atoms with Gasteiger partial charge in [-0.15, -0.1) is 10.2 Å². The van der Waals surface area contributed by atoms with Gasteiger partial charge in [0.25, 0.3) is 5.91 Å². The number of hydrogen-bond acceptors (Lipinski definition) is 5. The van der Waals surface area contributed by atoms with Crippen LogP contribution < -0.4 is 4.90 Å². The van der Waals surface area contributed by atoms with Gasteiger partial charge in [-0.05, 0) is 88.3 Å². The molecule has 1 saturated carbocycles. The smallest absolute Gasteiger partial charge is 0.410 e. The lowest BCUT2D eigenvalue weighted by atomic mass is 10.0. The Labute approximate surface area is 243 Å². The maximum absolute atomic E-state index is 14.5. The highest BCUT2D eigenvalue weighted by atomic mass is 35.5. The molecule has 1 saturated heterocycles. The number of pyridine rings is 1. The first kappa shape index (κ1) is 26.1. The van der Waals surface area contributed by atoms with Crippen molar-refractivity contribution in [3.8, 4) is 0 Å². The van der Waals surface area contributed by atoms with Gasteiger partial charge in [-0.1, -0.05) is 23.7 Å². The van der Waals surface area contributed by atoms with E-state index in [0.717, 1.165) is 57.9 Å². The van der Waals surface area contributed by atoms with Crippen molar-refractivity contribution in [3.05, 3.63) is 81.5 Å². The molecule has 0 N–H and O–H groups in total. The van der Waals surface area contributed by atoms with Crippen LogP contribution in [0, 0.1) is 13.8 Å². The van der Waals surface area contributed by atoms with Gasteiger partial charge in [0.05, 0.1) is 23.0 Å². The van der Waals surface area contributed by atoms with Gasteiger partial charge in [-0.25, -0.2) is 4.79 Å². The maximum Gasteiger partial charge on any atom is 0.410 e. The van der Waals surface area contributed by atoms with E-state index >= 15 is 0 Å². The predicted molar refractivity (Wildman–Crippen MR) is 156 cm³/mol. The minimum absolute atomic E-state index is 0.00611. The molecule has 1 aliphatic carbocycles. The number of nitrogens with zero attached hydrogens (tertiary/aromatic N) is 6. The van der Waals surface area contributed by atoms with Crippen molar-refractivity contribution in [2.45, 2.75) is 71.1 Å². The lowest BCUT2D eigenvalue weighted by Crippen LogP contribution is -2.52. The quantitative estimate of drug-likeness (QED) is 0.290. The topological polar surface area (TPSA) is 85.0 Å². The molecule has 3 aliphatic rings. The first-order chi connectivity index (χ1) is 19.5. The molecule has 2 aliphatic heterocycles. The van der Waals surface area contributed by atoms with Gasteiger partial charge in [0.15, 0.2) is 5.65 Å². The second kappa shape index (κ2) is 9.08. The van der Waals surface area contributed by atoms with Crippen molar-refractivity contribution < 1.29 is 14.3 Å². The average Bonchev–Trinajstić information content (AvgIpc) is 3.45. The predicted octanol–water partition coefficient (Wildman–Crippen LogP) is 6.22. The number of carbonyl (C=O) groups is 2. The van der Waals surface area contributed by atoms with Gasteiger partial charge in [-0.2, -0.15) is 0 Å². The minimum Gasteiger partial charge on any atom is -0.444 e. The van der Waals surface area contributed by atoms with E-state index in [0.29, 0.717) is 24.0 Å². The Morgan fingerprint density at radius 1 is 1.05 bits per heavy atom. The van der Waals surface area contributed by atoms with Crippen LogP contribution in [-0.2, 0) is 4.74 Å². The highest BCUT2D eigenvalue weighted by Gasteiger charge is 2.48. The number of anilines is 1. The number of carbonyl (C=O) groups excluding carboxylic acids is 2. The van der Waals surface area contributed by atoms with Crippen LogP contribution in [0.4, 0.5) is 10.5 Å². The number of benzene rings is 1. The summed E-state index contributed by atoms with van der Waals surface area (Å²) in [5.41, 5.74) is 5.82. The van der Waals surface area contributed by atoms with Crippen LogP contribution in [0.5, 0.6) is 0 Å². The SMILES string of the molecule is Cc1cc(N2C(=O)c3c(C4CC4)cn(C4CN(C(=O)OC(C)(C)C)C4)c3C2c2ccc(Cl)cc2)cn2c(C)nnc12. The Balaban J connectivity index is 1.35. The van der Waals surface area contributed by atoms with E-state index in [9.17, 15) is 9.59 Å². The molecule has 10 heteroatoms. The molecule has 0 bridgehead atoms. The summed E-state index contributed by atoms with van der Waals surface area (Å²) in [5.74, 6) is 1.14. The number of amides is 2. The molecule has 1 atom stereocenters. The number of fused-ring (bicyclic) bond motifs is 2. The summed E-state index contributed by atoms with van der Waals surface area (Å²) < 4.78 is 9.81. The van der Waals surface area contributed by atoms with Crippen LogP contribution in [0.15, 0.2) is 42.7 Å². The molecule has 212 valence electrons. The lowest BCUT2D eigenvalue weighted by molar-refractivity contribution is 0.000768. The summed E-state index contributed by atoms with van der Waals surface area (Å²) in [6.07, 6.45) is 5.99. The molecule has 9 nitrogen and oxygen atoms in total. The van der Waals surface area contributed by atoms with Crippen molar-refractivity contribution in [1.82, 2.24) is 24.1 Å². The number of halogens is 1.